The fraction of sp³-hybridized carbons (Fsp3) is 0.750. The Hall–Kier alpha value is -0.350. The molecule has 0 atom stereocenters. The van der Waals surface area contributed by atoms with Gasteiger partial charge in [-0.3, -0.25) is 0 Å². The lowest BCUT2D eigenvalue weighted by Crippen LogP contribution is -2.03. The molecule has 3 nitrogen and oxygen atoms in total. The van der Waals surface area contributed by atoms with Crippen LogP contribution in [-0.2, 0) is 0 Å². The van der Waals surface area contributed by atoms with E-state index in [1.165, 1.54) is 6.42 Å². The maximum absolute atomic E-state index is 5.76. The first-order chi connectivity index (χ1) is 6.20. The van der Waals surface area contributed by atoms with Gasteiger partial charge in [-0.15, -0.1) is 0 Å². The second kappa shape index (κ2) is 5.40. The molecule has 0 saturated carbocycles. The van der Waals surface area contributed by atoms with Crippen LogP contribution in [-0.4, -0.2) is 15.3 Å². The van der Waals surface area contributed by atoms with Gasteiger partial charge in [-0.05, 0) is 18.8 Å². The first-order valence-corrected chi connectivity index (χ1v) is 5.53. The van der Waals surface area contributed by atoms with E-state index in [0.717, 1.165) is 36.4 Å². The molecule has 1 heterocycles. The molecule has 1 N–H and O–H groups in total. The van der Waals surface area contributed by atoms with Gasteiger partial charge in [-0.25, -0.2) is 0 Å². The molecule has 74 valence electrons. The third kappa shape index (κ3) is 3.91. The third-order valence-electron chi connectivity index (χ3n) is 1.70. The highest BCUT2D eigenvalue weighted by molar-refractivity contribution is 6.99. The Morgan fingerprint density at radius 3 is 2.77 bits per heavy atom. The van der Waals surface area contributed by atoms with Gasteiger partial charge in [0, 0.05) is 6.54 Å². The van der Waals surface area contributed by atoms with E-state index in [-0.39, 0.29) is 0 Å². The molecule has 0 unspecified atom stereocenters. The summed E-state index contributed by atoms with van der Waals surface area (Å²) in [6.07, 6.45) is 2.37. The Balaban J connectivity index is 2.17. The molecule has 0 aliphatic rings. The van der Waals surface area contributed by atoms with Crippen molar-refractivity contribution in [2.75, 3.05) is 11.9 Å². The molecule has 0 amide bonds. The summed E-state index contributed by atoms with van der Waals surface area (Å²) in [5, 5.41) is 3.63. The Bertz CT molecular complexity index is 249. The van der Waals surface area contributed by atoms with Crippen LogP contribution in [0.25, 0.3) is 0 Å². The van der Waals surface area contributed by atoms with Gasteiger partial charge in [-0.1, -0.05) is 25.4 Å². The normalized spacial score (nSPS) is 10.8. The van der Waals surface area contributed by atoms with Crippen LogP contribution in [0.15, 0.2) is 0 Å². The minimum absolute atomic E-state index is 0.481. The zero-order valence-corrected chi connectivity index (χ0v) is 9.45. The molecule has 0 radical (unpaired) electrons. The molecule has 13 heavy (non-hydrogen) atoms. The smallest absolute Gasteiger partial charge is 0.186 e. The zero-order chi connectivity index (χ0) is 9.68. The lowest BCUT2D eigenvalue weighted by atomic mass is 10.1. The predicted molar refractivity (Wildman–Crippen MR) is 57.5 cm³/mol. The van der Waals surface area contributed by atoms with E-state index in [4.69, 9.17) is 11.6 Å². The number of anilines is 1. The van der Waals surface area contributed by atoms with Gasteiger partial charge >= 0.3 is 0 Å². The maximum atomic E-state index is 5.76. The molecule has 0 spiro atoms. The molecule has 0 bridgehead atoms. The van der Waals surface area contributed by atoms with Gasteiger partial charge in [0.1, 0.15) is 0 Å². The van der Waals surface area contributed by atoms with Gasteiger partial charge in [0.25, 0.3) is 0 Å². The fourth-order valence-corrected chi connectivity index (χ4v) is 1.68. The summed E-state index contributed by atoms with van der Waals surface area (Å²) in [4.78, 5) is 0. The molecule has 5 heteroatoms. The van der Waals surface area contributed by atoms with Crippen molar-refractivity contribution in [1.29, 1.82) is 0 Å². The minimum atomic E-state index is 0.481. The summed E-state index contributed by atoms with van der Waals surface area (Å²) in [5.74, 6) is 1.47. The molecule has 1 aromatic heterocycles. The Labute approximate surface area is 87.8 Å². The van der Waals surface area contributed by atoms with Crippen molar-refractivity contribution >= 4 is 29.1 Å². The van der Waals surface area contributed by atoms with Gasteiger partial charge < -0.3 is 5.32 Å². The Kier molecular flexibility index (Phi) is 4.45. The van der Waals surface area contributed by atoms with E-state index in [9.17, 15) is 0 Å². The summed E-state index contributed by atoms with van der Waals surface area (Å²) in [6, 6.07) is 0. The second-order valence-electron chi connectivity index (χ2n) is 3.37. The van der Waals surface area contributed by atoms with Gasteiger partial charge in [-0.2, -0.15) is 8.75 Å². The third-order valence-corrected chi connectivity index (χ3v) is 2.59. The average Bonchev–Trinajstić information content (AvgIpc) is 2.45. The summed E-state index contributed by atoms with van der Waals surface area (Å²) < 4.78 is 7.88. The second-order valence-corrected chi connectivity index (χ2v) is 4.25. The molecule has 0 saturated heterocycles. The number of hydrogen-bond acceptors (Lipinski definition) is 4. The van der Waals surface area contributed by atoms with Gasteiger partial charge in [0.15, 0.2) is 11.0 Å². The van der Waals surface area contributed by atoms with Crippen LogP contribution in [0.3, 0.4) is 0 Å². The lowest BCUT2D eigenvalue weighted by molar-refractivity contribution is 0.567. The van der Waals surface area contributed by atoms with E-state index in [0.29, 0.717) is 5.15 Å². The Morgan fingerprint density at radius 2 is 2.23 bits per heavy atom. The number of rotatable bonds is 5. The van der Waals surface area contributed by atoms with E-state index in [1.54, 1.807) is 0 Å². The number of nitrogens with zero attached hydrogens (tertiary/aromatic N) is 2. The van der Waals surface area contributed by atoms with Crippen molar-refractivity contribution in [3.8, 4) is 0 Å². The summed E-state index contributed by atoms with van der Waals surface area (Å²) >= 11 is 6.89. The first-order valence-electron chi connectivity index (χ1n) is 4.42. The SMILES string of the molecule is CC(C)CCCNc1nsnc1Cl. The highest BCUT2D eigenvalue weighted by atomic mass is 35.5. The molecule has 1 rings (SSSR count). The molecule has 0 aliphatic carbocycles. The van der Waals surface area contributed by atoms with E-state index in [1.807, 2.05) is 0 Å². The van der Waals surface area contributed by atoms with E-state index in [2.05, 4.69) is 27.9 Å². The van der Waals surface area contributed by atoms with Crippen LogP contribution >= 0.6 is 23.3 Å². The van der Waals surface area contributed by atoms with Crippen molar-refractivity contribution in [3.63, 3.8) is 0 Å². The maximum Gasteiger partial charge on any atom is 0.186 e. The molecular formula is C8H14ClN3S. The van der Waals surface area contributed by atoms with Gasteiger partial charge in [0.05, 0.1) is 11.7 Å². The highest BCUT2D eigenvalue weighted by Gasteiger charge is 2.03. The summed E-state index contributed by atoms with van der Waals surface area (Å²) in [7, 11) is 0. The van der Waals surface area contributed by atoms with Crippen molar-refractivity contribution in [2.24, 2.45) is 5.92 Å². The van der Waals surface area contributed by atoms with Crippen molar-refractivity contribution in [2.45, 2.75) is 26.7 Å². The van der Waals surface area contributed by atoms with Crippen molar-refractivity contribution < 1.29 is 0 Å². The molecule has 0 fully saturated rings. The summed E-state index contributed by atoms with van der Waals surface area (Å²) in [5.41, 5.74) is 0. The minimum Gasteiger partial charge on any atom is -0.367 e. The van der Waals surface area contributed by atoms with Crippen LogP contribution in [0.1, 0.15) is 26.7 Å². The van der Waals surface area contributed by atoms with Crippen molar-refractivity contribution in [1.82, 2.24) is 8.75 Å². The zero-order valence-electron chi connectivity index (χ0n) is 7.88. The standard InChI is InChI=1S/C8H14ClN3S/c1-6(2)4-3-5-10-8-7(9)11-13-12-8/h6H,3-5H2,1-2H3,(H,10,12). The quantitative estimate of drug-likeness (QED) is 0.774. The topological polar surface area (TPSA) is 37.8 Å². The summed E-state index contributed by atoms with van der Waals surface area (Å²) in [6.45, 7) is 5.36. The Morgan fingerprint density at radius 1 is 1.46 bits per heavy atom. The number of halogens is 1. The largest absolute Gasteiger partial charge is 0.367 e. The highest BCUT2D eigenvalue weighted by Crippen LogP contribution is 2.17. The average molecular weight is 220 g/mol. The molecule has 1 aromatic rings. The lowest BCUT2D eigenvalue weighted by Gasteiger charge is -2.04. The first kappa shape index (κ1) is 10.7. The van der Waals surface area contributed by atoms with Crippen LogP contribution in [0.4, 0.5) is 5.82 Å². The van der Waals surface area contributed by atoms with Crippen LogP contribution < -0.4 is 5.32 Å². The van der Waals surface area contributed by atoms with Gasteiger partial charge in [0.2, 0.25) is 0 Å². The van der Waals surface area contributed by atoms with Crippen LogP contribution in [0.5, 0.6) is 0 Å². The number of hydrogen-bond donors (Lipinski definition) is 1. The van der Waals surface area contributed by atoms with Crippen LogP contribution in [0.2, 0.25) is 5.15 Å². The molecular weight excluding hydrogens is 206 g/mol. The van der Waals surface area contributed by atoms with Crippen LogP contribution in [0, 0.1) is 5.92 Å². The predicted octanol–water partition coefficient (Wildman–Crippen LogP) is 3.04. The monoisotopic (exact) mass is 219 g/mol. The van der Waals surface area contributed by atoms with E-state index >= 15 is 0 Å². The van der Waals surface area contributed by atoms with Crippen molar-refractivity contribution in [3.05, 3.63) is 5.15 Å². The fourth-order valence-electron chi connectivity index (χ4n) is 1.00. The molecule has 0 aliphatic heterocycles. The number of nitrogens with one attached hydrogen (secondary N) is 1. The van der Waals surface area contributed by atoms with E-state index < -0.39 is 0 Å². The molecule has 0 aromatic carbocycles. The number of aromatic nitrogens is 2.